The van der Waals surface area contributed by atoms with Crippen molar-refractivity contribution >= 4 is 101 Å². The Morgan fingerprint density at radius 3 is 0.838 bits per heavy atom. The van der Waals surface area contributed by atoms with Gasteiger partial charge in [0.2, 0.25) is 0 Å². The molecule has 0 unspecified atom stereocenters. The summed E-state index contributed by atoms with van der Waals surface area (Å²) in [5, 5.41) is 5.01. The molecule has 0 atom stereocenters. The molecule has 4 aliphatic carbocycles. The van der Waals surface area contributed by atoms with Crippen molar-refractivity contribution in [3.63, 3.8) is 0 Å². The molecule has 0 N–H and O–H groups in total. The normalized spacial score (nSPS) is 18.0. The highest BCUT2D eigenvalue weighted by Gasteiger charge is 2.54. The molecule has 4 heterocycles. The Labute approximate surface area is 695 Å². The summed E-state index contributed by atoms with van der Waals surface area (Å²) in [6.45, 7) is 42.9. The molecule has 584 valence electrons. The number of para-hydroxylation sites is 4. The molecule has 21 rings (SSSR count). The Kier molecular flexibility index (Phi) is 17.0. The predicted octanol–water partition coefficient (Wildman–Crippen LogP) is 28.9. The lowest BCUT2D eigenvalue weighted by Gasteiger charge is -2.57. The van der Waals surface area contributed by atoms with Crippen LogP contribution >= 0.6 is 0 Å². The van der Waals surface area contributed by atoms with Crippen LogP contribution in [0.4, 0.5) is 34.1 Å². The molecular weight excluding hydrogens is 1410 g/mol. The first-order chi connectivity index (χ1) is 55.7. The zero-order valence-corrected chi connectivity index (χ0v) is 72.2. The fourth-order valence-electron chi connectivity index (χ4n) is 22.0. The molecule has 2 aromatic heterocycles. The highest BCUT2D eigenvalue weighted by Crippen LogP contribution is 2.64. The van der Waals surface area contributed by atoms with Crippen molar-refractivity contribution in [1.29, 1.82) is 0 Å². The summed E-state index contributed by atoms with van der Waals surface area (Å²) in [6.07, 6.45) is 7.65. The molecular formula is C112H113BN4. The van der Waals surface area contributed by atoms with Gasteiger partial charge in [0.05, 0.1) is 33.4 Å². The van der Waals surface area contributed by atoms with Crippen LogP contribution in [0.25, 0.3) is 99.5 Å². The number of rotatable bonds is 9. The molecule has 117 heavy (non-hydrogen) atoms. The molecule has 0 radical (unpaired) electrons. The molecule has 5 heteroatoms. The molecule has 0 saturated heterocycles. The molecule has 0 amide bonds. The average Bonchev–Trinajstić information content (AvgIpc) is 1.49. The third-order valence-electron chi connectivity index (χ3n) is 27.9. The SMILES string of the molecule is CC(C)(C)c1cccc(-c2cc(C(C)(C)C)cc(-c3cccc(C(C)(C)C)c3)c2N2c3cc(-n4c5ccccc5c5ccccc54)ccc3B3c4ccc(-n5c6ccccc6c6ccccc65)cc4N(c4c(-c5cccc(C(C)(C)C)c5)cc(C(C)(C)C)cc4-c4cccc(C(C)(C)C)c4)c4cc(C56CC7CC(CC(C7)C5)C6)cc2c43)c1. The summed E-state index contributed by atoms with van der Waals surface area (Å²) in [7, 11) is 0. The topological polar surface area (TPSA) is 16.3 Å². The second-order valence-corrected chi connectivity index (χ2v) is 42.1. The number of aromatic nitrogens is 2. The van der Waals surface area contributed by atoms with E-state index in [0.29, 0.717) is 17.8 Å². The summed E-state index contributed by atoms with van der Waals surface area (Å²) in [4.78, 5) is 5.80. The molecule has 2 aliphatic heterocycles. The highest BCUT2D eigenvalue weighted by atomic mass is 15.2. The molecule has 13 aromatic carbocycles. The summed E-state index contributed by atoms with van der Waals surface area (Å²) in [5.74, 6) is 2.07. The van der Waals surface area contributed by atoms with Gasteiger partial charge in [-0.3, -0.25) is 0 Å². The minimum absolute atomic E-state index is 0.0586. The largest absolute Gasteiger partial charge is 0.310 e. The minimum Gasteiger partial charge on any atom is -0.310 e. The summed E-state index contributed by atoms with van der Waals surface area (Å²) >= 11 is 0. The maximum absolute atomic E-state index is 2.90. The Bertz CT molecular complexity index is 5910. The quantitative estimate of drug-likeness (QED) is 0.134. The van der Waals surface area contributed by atoms with E-state index in [-0.39, 0.29) is 44.6 Å². The smallest absolute Gasteiger partial charge is 0.252 e. The Morgan fingerprint density at radius 2 is 0.556 bits per heavy atom. The number of anilines is 6. The predicted molar refractivity (Wildman–Crippen MR) is 503 cm³/mol. The second-order valence-electron chi connectivity index (χ2n) is 42.1. The van der Waals surface area contributed by atoms with E-state index < -0.39 is 0 Å². The van der Waals surface area contributed by atoms with E-state index >= 15 is 0 Å². The maximum atomic E-state index is 2.90. The van der Waals surface area contributed by atoms with E-state index in [4.69, 9.17) is 0 Å². The van der Waals surface area contributed by atoms with Crippen LogP contribution < -0.4 is 26.2 Å². The number of hydrogen-bond donors (Lipinski definition) is 0. The van der Waals surface area contributed by atoms with Gasteiger partial charge in [-0.25, -0.2) is 0 Å². The number of fused-ring (bicyclic) bond motifs is 10. The van der Waals surface area contributed by atoms with Crippen LogP contribution in [0, 0.1) is 17.8 Å². The third-order valence-corrected chi connectivity index (χ3v) is 27.9. The van der Waals surface area contributed by atoms with Crippen LogP contribution in [0.3, 0.4) is 0 Å². The second kappa shape index (κ2) is 26.6. The summed E-state index contributed by atoms with van der Waals surface area (Å²) in [6, 6.07) is 107. The van der Waals surface area contributed by atoms with Crippen molar-refractivity contribution in [2.24, 2.45) is 17.8 Å². The number of nitrogens with zero attached hydrogens (tertiary/aromatic N) is 4. The first kappa shape index (κ1) is 74.9. The van der Waals surface area contributed by atoms with Crippen molar-refractivity contribution in [3.8, 4) is 55.9 Å². The van der Waals surface area contributed by atoms with Gasteiger partial charge in [0, 0.05) is 77.9 Å². The molecule has 15 aromatic rings. The first-order valence-corrected chi connectivity index (χ1v) is 43.6. The summed E-state index contributed by atoms with van der Waals surface area (Å²) < 4.78 is 5.14. The molecule has 0 spiro atoms. The van der Waals surface area contributed by atoms with Gasteiger partial charge in [-0.1, -0.05) is 307 Å². The minimum atomic E-state index is -0.235. The van der Waals surface area contributed by atoms with Gasteiger partial charge in [0.25, 0.3) is 6.71 Å². The van der Waals surface area contributed by atoms with E-state index in [1.54, 1.807) is 0 Å². The van der Waals surface area contributed by atoms with Crippen molar-refractivity contribution < 1.29 is 0 Å². The van der Waals surface area contributed by atoms with Crippen molar-refractivity contribution in [1.82, 2.24) is 9.13 Å². The molecule has 6 aliphatic rings. The Morgan fingerprint density at radius 1 is 0.274 bits per heavy atom. The van der Waals surface area contributed by atoms with Gasteiger partial charge >= 0.3 is 0 Å². The lowest BCUT2D eigenvalue weighted by Crippen LogP contribution is -2.61. The van der Waals surface area contributed by atoms with Gasteiger partial charge in [-0.05, 0) is 257 Å². The van der Waals surface area contributed by atoms with Crippen LogP contribution in [-0.2, 0) is 37.9 Å². The van der Waals surface area contributed by atoms with Crippen LogP contribution in [0.5, 0.6) is 0 Å². The first-order valence-electron chi connectivity index (χ1n) is 43.6. The maximum Gasteiger partial charge on any atom is 0.252 e. The molecule has 4 saturated carbocycles. The third kappa shape index (κ3) is 12.4. The van der Waals surface area contributed by atoms with Gasteiger partial charge in [-0.15, -0.1) is 0 Å². The van der Waals surface area contributed by atoms with Crippen molar-refractivity contribution in [3.05, 3.63) is 306 Å². The molecule has 4 nitrogen and oxygen atoms in total. The zero-order chi connectivity index (χ0) is 81.1. The average molecular weight is 1530 g/mol. The van der Waals surface area contributed by atoms with Crippen LogP contribution in [-0.4, -0.2) is 15.8 Å². The Hall–Kier alpha value is -10.9. The highest BCUT2D eigenvalue weighted by molar-refractivity contribution is 7.00. The van der Waals surface area contributed by atoms with Crippen LogP contribution in [0.1, 0.15) is 202 Å². The van der Waals surface area contributed by atoms with E-state index in [1.165, 1.54) is 216 Å². The van der Waals surface area contributed by atoms with Crippen molar-refractivity contribution in [2.45, 2.75) is 201 Å². The van der Waals surface area contributed by atoms with Gasteiger partial charge in [0.1, 0.15) is 0 Å². The van der Waals surface area contributed by atoms with E-state index in [1.807, 2.05) is 0 Å². The summed E-state index contributed by atoms with van der Waals surface area (Å²) in [5.41, 5.74) is 36.5. The lowest BCUT2D eigenvalue weighted by molar-refractivity contribution is -0.00514. The number of benzene rings is 13. The van der Waals surface area contributed by atoms with E-state index in [2.05, 4.69) is 410 Å². The van der Waals surface area contributed by atoms with E-state index in [9.17, 15) is 0 Å². The molecule has 4 fully saturated rings. The van der Waals surface area contributed by atoms with Crippen LogP contribution in [0.2, 0.25) is 0 Å². The lowest BCUT2D eigenvalue weighted by atomic mass is 9.33. The molecule has 4 bridgehead atoms. The van der Waals surface area contributed by atoms with Gasteiger partial charge < -0.3 is 18.9 Å². The fraction of sp³-hybridized carbons (Fsp3) is 0.304. The van der Waals surface area contributed by atoms with Crippen molar-refractivity contribution in [2.75, 3.05) is 9.80 Å². The monoisotopic (exact) mass is 1520 g/mol. The van der Waals surface area contributed by atoms with Gasteiger partial charge in [0.15, 0.2) is 0 Å². The van der Waals surface area contributed by atoms with Gasteiger partial charge in [-0.2, -0.15) is 0 Å². The van der Waals surface area contributed by atoms with Crippen LogP contribution in [0.15, 0.2) is 267 Å². The Balaban J connectivity index is 1.01. The van der Waals surface area contributed by atoms with E-state index in [0.717, 1.165) is 11.4 Å². The standard InChI is InChI=1S/C112H113BN4/c1-106(2,3)76-35-27-31-72(54-76)89-58-80(110(13,14)15)59-90(73-32-28-36-77(55-73)107(4,5)6)104(89)116-99-64-83(114-95-43-23-19-39-85(95)86-40-20-24-44-96(86)114)47-49-93(99)113-94-50-48-84(115-97-45-25-21-41-87(97)88-42-22-26-46-98(88)115)65-100(94)117(102-63-82(62-101(116)103(102)113)112-66-69-51-70(67-112)53-71(52-69)68-112)105-91(74-33-29-37-78(56-74)108(7,8)9)60-81(111(16,17)18)61-92(105)75-34-30-38-79(57-75)109(10,11)12/h19-50,54-65,69-71H,51-53,66-68H2,1-18H3. The zero-order valence-electron chi connectivity index (χ0n) is 72.2. The number of hydrogen-bond acceptors (Lipinski definition) is 2. The fourth-order valence-corrected chi connectivity index (χ4v) is 22.0.